The van der Waals surface area contributed by atoms with E-state index in [1.54, 1.807) is 0 Å². The summed E-state index contributed by atoms with van der Waals surface area (Å²) in [4.78, 5) is 21.3. The number of nitrogens with two attached hydrogens (primary N) is 1. The fourth-order valence-electron chi connectivity index (χ4n) is 0.777. The van der Waals surface area contributed by atoms with E-state index >= 15 is 0 Å². The monoisotopic (exact) mass is 215 g/mol. The van der Waals surface area contributed by atoms with Crippen LogP contribution in [0.5, 0.6) is 0 Å². The third-order valence-corrected chi connectivity index (χ3v) is 1.70. The van der Waals surface area contributed by atoms with Crippen molar-refractivity contribution in [3.05, 3.63) is 12.2 Å². The largest absolute Gasteiger partial charge is 0.480 e. The quantitative estimate of drug-likeness (QED) is 0.370. The molecule has 5 nitrogen and oxygen atoms in total. The first-order valence-electron chi connectivity index (χ1n) is 4.89. The molecule has 0 fully saturated rings. The Balaban J connectivity index is 3.67. The Labute approximate surface area is 88.9 Å². The van der Waals surface area contributed by atoms with Gasteiger partial charge in [0.15, 0.2) is 0 Å². The fraction of sp³-hybridized carbons (Fsp3) is 0.600. The van der Waals surface area contributed by atoms with Gasteiger partial charge in [0, 0.05) is 6.08 Å². The van der Waals surface area contributed by atoms with Crippen LogP contribution < -0.4 is 5.73 Å². The van der Waals surface area contributed by atoms with E-state index in [9.17, 15) is 9.59 Å². The number of ether oxygens (including phenoxy) is 1. The van der Waals surface area contributed by atoms with Gasteiger partial charge in [-0.1, -0.05) is 19.4 Å². The minimum absolute atomic E-state index is 0.123. The number of esters is 1. The van der Waals surface area contributed by atoms with Crippen LogP contribution in [0.3, 0.4) is 0 Å². The molecular formula is C10H17NO4. The first kappa shape index (κ1) is 13.6. The summed E-state index contributed by atoms with van der Waals surface area (Å²) in [6.45, 7) is 2.39. The Kier molecular flexibility index (Phi) is 7.27. The summed E-state index contributed by atoms with van der Waals surface area (Å²) in [6.07, 6.45) is 4.53. The van der Waals surface area contributed by atoms with Crippen molar-refractivity contribution < 1.29 is 19.4 Å². The topological polar surface area (TPSA) is 89.6 Å². The van der Waals surface area contributed by atoms with Crippen LogP contribution in [0.15, 0.2) is 12.2 Å². The number of carboxylic acid groups (broad SMARTS) is 1. The summed E-state index contributed by atoms with van der Waals surface area (Å²) in [7, 11) is 0. The molecule has 0 aliphatic heterocycles. The maximum atomic E-state index is 11.0. The van der Waals surface area contributed by atoms with Crippen molar-refractivity contribution in [1.29, 1.82) is 0 Å². The highest BCUT2D eigenvalue weighted by Crippen LogP contribution is 1.93. The van der Waals surface area contributed by atoms with Crippen LogP contribution in [0.2, 0.25) is 0 Å². The van der Waals surface area contributed by atoms with Crippen LogP contribution in [0, 0.1) is 0 Å². The molecule has 15 heavy (non-hydrogen) atoms. The maximum Gasteiger partial charge on any atom is 0.330 e. The average molecular weight is 215 g/mol. The van der Waals surface area contributed by atoms with E-state index in [1.165, 1.54) is 12.2 Å². The lowest BCUT2D eigenvalue weighted by molar-refractivity contribution is -0.139. The molecule has 0 aliphatic rings. The molecule has 0 aromatic heterocycles. The van der Waals surface area contributed by atoms with Gasteiger partial charge in [-0.2, -0.15) is 0 Å². The number of carbonyl (C=O) groups is 2. The lowest BCUT2D eigenvalue weighted by atomic mass is 10.2. The number of carboxylic acids is 1. The molecule has 0 spiro atoms. The Morgan fingerprint density at radius 3 is 2.73 bits per heavy atom. The normalized spacial score (nSPS) is 12.7. The summed E-state index contributed by atoms with van der Waals surface area (Å²) in [6, 6.07) is -0.968. The zero-order valence-electron chi connectivity index (χ0n) is 8.81. The van der Waals surface area contributed by atoms with E-state index in [2.05, 4.69) is 0 Å². The average Bonchev–Trinajstić information content (AvgIpc) is 2.18. The van der Waals surface area contributed by atoms with Crippen LogP contribution in [-0.2, 0) is 14.3 Å². The highest BCUT2D eigenvalue weighted by atomic mass is 16.5. The van der Waals surface area contributed by atoms with E-state index in [0.717, 1.165) is 12.8 Å². The first-order valence-corrected chi connectivity index (χ1v) is 4.89. The molecule has 0 aliphatic carbocycles. The lowest BCUT2D eigenvalue weighted by Crippen LogP contribution is -2.29. The summed E-state index contributed by atoms with van der Waals surface area (Å²) < 4.78 is 4.81. The fourth-order valence-corrected chi connectivity index (χ4v) is 0.777. The number of carbonyl (C=O) groups excluding carboxylic acids is 1. The molecule has 0 aromatic rings. The molecule has 86 valence electrons. The Morgan fingerprint density at radius 1 is 1.53 bits per heavy atom. The summed E-state index contributed by atoms with van der Waals surface area (Å²) in [5.41, 5.74) is 5.22. The molecular weight excluding hydrogens is 198 g/mol. The van der Waals surface area contributed by atoms with Gasteiger partial charge in [0.05, 0.1) is 6.61 Å². The van der Waals surface area contributed by atoms with Crippen molar-refractivity contribution in [2.45, 2.75) is 32.2 Å². The Morgan fingerprint density at radius 2 is 2.20 bits per heavy atom. The molecule has 1 unspecified atom stereocenters. The van der Waals surface area contributed by atoms with Gasteiger partial charge < -0.3 is 15.6 Å². The van der Waals surface area contributed by atoms with E-state index in [4.69, 9.17) is 15.6 Å². The summed E-state index contributed by atoms with van der Waals surface area (Å²) >= 11 is 0. The van der Waals surface area contributed by atoms with Crippen molar-refractivity contribution in [2.75, 3.05) is 6.61 Å². The number of rotatable bonds is 7. The van der Waals surface area contributed by atoms with Gasteiger partial charge in [-0.15, -0.1) is 0 Å². The molecule has 0 bridgehead atoms. The summed E-state index contributed by atoms with van der Waals surface area (Å²) in [5, 5.41) is 8.45. The second-order valence-corrected chi connectivity index (χ2v) is 3.10. The van der Waals surface area contributed by atoms with Gasteiger partial charge in [-0.05, 0) is 12.8 Å². The van der Waals surface area contributed by atoms with E-state index < -0.39 is 18.0 Å². The van der Waals surface area contributed by atoms with Crippen molar-refractivity contribution in [1.82, 2.24) is 0 Å². The van der Waals surface area contributed by atoms with Gasteiger partial charge in [0.25, 0.3) is 0 Å². The number of hydrogen-bond acceptors (Lipinski definition) is 4. The zero-order chi connectivity index (χ0) is 11.7. The lowest BCUT2D eigenvalue weighted by Gasteiger charge is -2.01. The molecule has 0 amide bonds. The first-order chi connectivity index (χ1) is 7.07. The standard InChI is InChI=1S/C10H17NO4/c1-2-3-7-15-9(12)6-4-5-8(11)10(13)14/h4,6,8H,2-3,5,7,11H2,1H3,(H,13,14). The van der Waals surface area contributed by atoms with Gasteiger partial charge in [-0.25, -0.2) is 4.79 Å². The van der Waals surface area contributed by atoms with Crippen molar-refractivity contribution >= 4 is 11.9 Å². The molecule has 0 aromatic carbocycles. The molecule has 0 saturated heterocycles. The van der Waals surface area contributed by atoms with Gasteiger partial charge in [-0.3, -0.25) is 4.79 Å². The molecule has 1 atom stereocenters. The van der Waals surface area contributed by atoms with Crippen LogP contribution in [0.25, 0.3) is 0 Å². The van der Waals surface area contributed by atoms with Crippen LogP contribution in [0.1, 0.15) is 26.2 Å². The highest BCUT2D eigenvalue weighted by Gasteiger charge is 2.08. The van der Waals surface area contributed by atoms with Crippen LogP contribution in [0.4, 0.5) is 0 Å². The Bertz CT molecular complexity index is 238. The molecule has 0 rings (SSSR count). The highest BCUT2D eigenvalue weighted by molar-refractivity contribution is 5.82. The second kappa shape index (κ2) is 7.99. The molecule has 0 heterocycles. The van der Waals surface area contributed by atoms with E-state index in [1.807, 2.05) is 6.92 Å². The molecule has 0 radical (unpaired) electrons. The van der Waals surface area contributed by atoms with Crippen molar-refractivity contribution in [3.63, 3.8) is 0 Å². The number of hydrogen-bond donors (Lipinski definition) is 2. The zero-order valence-corrected chi connectivity index (χ0v) is 8.81. The summed E-state index contributed by atoms with van der Waals surface area (Å²) in [5.74, 6) is -1.54. The number of aliphatic carboxylic acids is 1. The van der Waals surface area contributed by atoms with Crippen molar-refractivity contribution in [3.8, 4) is 0 Å². The molecule has 3 N–H and O–H groups in total. The van der Waals surface area contributed by atoms with Crippen LogP contribution >= 0.6 is 0 Å². The maximum absolute atomic E-state index is 11.0. The minimum Gasteiger partial charge on any atom is -0.480 e. The third kappa shape index (κ3) is 7.69. The van der Waals surface area contributed by atoms with Gasteiger partial charge in [0.1, 0.15) is 6.04 Å². The van der Waals surface area contributed by atoms with Crippen molar-refractivity contribution in [2.24, 2.45) is 5.73 Å². The second-order valence-electron chi connectivity index (χ2n) is 3.10. The van der Waals surface area contributed by atoms with Gasteiger partial charge in [0.2, 0.25) is 0 Å². The van der Waals surface area contributed by atoms with E-state index in [-0.39, 0.29) is 6.42 Å². The minimum atomic E-state index is -1.08. The Hall–Kier alpha value is -1.36. The third-order valence-electron chi connectivity index (χ3n) is 1.70. The molecule has 0 saturated carbocycles. The predicted octanol–water partition coefficient (Wildman–Crippen LogP) is 0.688. The SMILES string of the molecule is CCCCOC(=O)C=CCC(N)C(=O)O. The van der Waals surface area contributed by atoms with Gasteiger partial charge >= 0.3 is 11.9 Å². The van der Waals surface area contributed by atoms with Crippen LogP contribution in [-0.4, -0.2) is 29.7 Å². The number of unbranched alkanes of at least 4 members (excludes halogenated alkanes) is 1. The smallest absolute Gasteiger partial charge is 0.330 e. The molecule has 5 heteroatoms. The van der Waals surface area contributed by atoms with E-state index in [0.29, 0.717) is 6.61 Å². The predicted molar refractivity (Wildman–Crippen MR) is 55.2 cm³/mol.